The van der Waals surface area contributed by atoms with Crippen LogP contribution in [0.4, 0.5) is 5.82 Å². The van der Waals surface area contributed by atoms with Crippen LogP contribution in [0.1, 0.15) is 45.2 Å². The van der Waals surface area contributed by atoms with Crippen molar-refractivity contribution < 1.29 is 0 Å². The summed E-state index contributed by atoms with van der Waals surface area (Å²) in [5.74, 6) is 1.02. The molecule has 0 spiro atoms. The molecule has 0 unspecified atom stereocenters. The van der Waals surface area contributed by atoms with Crippen LogP contribution in [0.2, 0.25) is 0 Å². The number of hydrogen-bond acceptors (Lipinski definition) is 2. The molecular formula is C17H23BrN2. The number of aryl methyl sites for hydroxylation is 1. The van der Waals surface area contributed by atoms with Gasteiger partial charge in [-0.1, -0.05) is 49.7 Å². The van der Waals surface area contributed by atoms with E-state index in [-0.39, 0.29) is 5.41 Å². The molecule has 2 nitrogen and oxygen atoms in total. The predicted molar refractivity (Wildman–Crippen MR) is 91.7 cm³/mol. The third-order valence-electron chi connectivity index (χ3n) is 3.48. The van der Waals surface area contributed by atoms with Gasteiger partial charge in [0.25, 0.3) is 0 Å². The Morgan fingerprint density at radius 1 is 1.25 bits per heavy atom. The highest BCUT2D eigenvalue weighted by Crippen LogP contribution is 2.34. The smallest absolute Gasteiger partial charge is 0.130 e. The number of pyridine rings is 1. The zero-order valence-electron chi connectivity index (χ0n) is 13.0. The fourth-order valence-electron chi connectivity index (χ4n) is 2.31. The lowest BCUT2D eigenvalue weighted by molar-refractivity contribution is 0.590. The van der Waals surface area contributed by atoms with Crippen LogP contribution in [0.3, 0.4) is 0 Å². The van der Waals surface area contributed by atoms with Crippen molar-refractivity contribution in [1.29, 1.82) is 0 Å². The van der Waals surface area contributed by atoms with Gasteiger partial charge in [0.05, 0.1) is 5.52 Å². The molecule has 0 fully saturated rings. The molecule has 0 saturated heterocycles. The molecular weight excluding hydrogens is 312 g/mol. The van der Waals surface area contributed by atoms with Crippen molar-refractivity contribution in [1.82, 2.24) is 4.98 Å². The first-order chi connectivity index (χ1) is 9.34. The normalized spacial score (nSPS) is 11.9. The fraction of sp³-hybridized carbons (Fsp3) is 0.471. The molecule has 2 aromatic rings. The molecule has 1 N–H and O–H groups in total. The summed E-state index contributed by atoms with van der Waals surface area (Å²) in [6.45, 7) is 11.9. The van der Waals surface area contributed by atoms with Gasteiger partial charge in [-0.3, -0.25) is 0 Å². The van der Waals surface area contributed by atoms with Crippen LogP contribution in [-0.2, 0) is 5.41 Å². The molecule has 20 heavy (non-hydrogen) atoms. The van der Waals surface area contributed by atoms with E-state index in [2.05, 4.69) is 74.1 Å². The number of nitrogens with one attached hydrogen (secondary N) is 1. The Morgan fingerprint density at radius 3 is 2.55 bits per heavy atom. The molecule has 1 aromatic carbocycles. The summed E-state index contributed by atoms with van der Waals surface area (Å²) in [5.41, 5.74) is 3.62. The average Bonchev–Trinajstić information content (AvgIpc) is 2.39. The maximum Gasteiger partial charge on any atom is 0.130 e. The minimum absolute atomic E-state index is 0.0699. The van der Waals surface area contributed by atoms with E-state index in [0.717, 1.165) is 28.8 Å². The van der Waals surface area contributed by atoms with Gasteiger partial charge in [0, 0.05) is 22.0 Å². The Labute approximate surface area is 130 Å². The van der Waals surface area contributed by atoms with Gasteiger partial charge >= 0.3 is 0 Å². The monoisotopic (exact) mass is 334 g/mol. The average molecular weight is 335 g/mol. The topological polar surface area (TPSA) is 24.9 Å². The van der Waals surface area contributed by atoms with Gasteiger partial charge in [-0.2, -0.15) is 0 Å². The summed E-state index contributed by atoms with van der Waals surface area (Å²) in [5, 5.41) is 4.67. The Hall–Kier alpha value is -1.09. The number of benzene rings is 1. The van der Waals surface area contributed by atoms with Gasteiger partial charge in [-0.05, 0) is 36.5 Å². The van der Waals surface area contributed by atoms with Gasteiger partial charge in [0.15, 0.2) is 0 Å². The van der Waals surface area contributed by atoms with E-state index < -0.39 is 0 Å². The maximum atomic E-state index is 4.90. The van der Waals surface area contributed by atoms with Gasteiger partial charge in [0.2, 0.25) is 0 Å². The highest BCUT2D eigenvalue weighted by molar-refractivity contribution is 9.10. The van der Waals surface area contributed by atoms with E-state index in [1.807, 2.05) is 0 Å². The molecule has 0 saturated carbocycles. The summed E-state index contributed by atoms with van der Waals surface area (Å²) in [4.78, 5) is 4.90. The van der Waals surface area contributed by atoms with Crippen LogP contribution in [0.15, 0.2) is 22.7 Å². The molecule has 0 radical (unpaired) electrons. The SMILES string of the molecule is CCCNc1nc2c(C)ccc(Br)c2cc1C(C)(C)C. The fourth-order valence-corrected chi connectivity index (χ4v) is 2.75. The summed E-state index contributed by atoms with van der Waals surface area (Å²) < 4.78 is 1.11. The zero-order chi connectivity index (χ0) is 14.9. The number of nitrogens with zero attached hydrogens (tertiary/aromatic N) is 1. The lowest BCUT2D eigenvalue weighted by atomic mass is 9.86. The molecule has 1 heterocycles. The summed E-state index contributed by atoms with van der Waals surface area (Å²) >= 11 is 3.65. The van der Waals surface area contributed by atoms with E-state index in [1.165, 1.54) is 16.5 Å². The number of rotatable bonds is 3. The van der Waals surface area contributed by atoms with Gasteiger partial charge in [-0.25, -0.2) is 4.98 Å². The number of fused-ring (bicyclic) bond motifs is 1. The third-order valence-corrected chi connectivity index (χ3v) is 4.17. The first-order valence-corrected chi connectivity index (χ1v) is 7.98. The van der Waals surface area contributed by atoms with E-state index in [9.17, 15) is 0 Å². The van der Waals surface area contributed by atoms with Crippen molar-refractivity contribution in [3.05, 3.63) is 33.8 Å². The van der Waals surface area contributed by atoms with E-state index >= 15 is 0 Å². The predicted octanol–water partition coefficient (Wildman–Crippen LogP) is 5.43. The Kier molecular flexibility index (Phi) is 4.38. The van der Waals surface area contributed by atoms with E-state index in [4.69, 9.17) is 4.98 Å². The molecule has 0 aliphatic heterocycles. The van der Waals surface area contributed by atoms with Crippen molar-refractivity contribution in [2.75, 3.05) is 11.9 Å². The van der Waals surface area contributed by atoms with Gasteiger partial charge in [0.1, 0.15) is 5.82 Å². The molecule has 1 aromatic heterocycles. The number of hydrogen-bond donors (Lipinski definition) is 1. The minimum atomic E-state index is 0.0699. The highest BCUT2D eigenvalue weighted by atomic mass is 79.9. The summed E-state index contributed by atoms with van der Waals surface area (Å²) in [6, 6.07) is 6.49. The molecule has 0 amide bonds. The number of anilines is 1. The lowest BCUT2D eigenvalue weighted by Gasteiger charge is -2.24. The molecule has 2 rings (SSSR count). The quantitative estimate of drug-likeness (QED) is 0.809. The van der Waals surface area contributed by atoms with Crippen LogP contribution in [0, 0.1) is 6.92 Å². The van der Waals surface area contributed by atoms with Crippen molar-refractivity contribution in [2.45, 2.75) is 46.5 Å². The largest absolute Gasteiger partial charge is 0.370 e. The van der Waals surface area contributed by atoms with E-state index in [0.29, 0.717) is 0 Å². The molecule has 3 heteroatoms. The van der Waals surface area contributed by atoms with Gasteiger partial charge < -0.3 is 5.32 Å². The second-order valence-corrected chi connectivity index (χ2v) is 7.18. The molecule has 0 bridgehead atoms. The van der Waals surface area contributed by atoms with Crippen LogP contribution >= 0.6 is 15.9 Å². The molecule has 0 atom stereocenters. The van der Waals surface area contributed by atoms with Crippen LogP contribution < -0.4 is 5.32 Å². The standard InChI is InChI=1S/C17H23BrN2/c1-6-9-19-16-13(17(3,4)5)10-12-14(18)8-7-11(2)15(12)20-16/h7-8,10H,6,9H2,1-5H3,(H,19,20). The summed E-state index contributed by atoms with van der Waals surface area (Å²) in [6.07, 6.45) is 1.10. The summed E-state index contributed by atoms with van der Waals surface area (Å²) in [7, 11) is 0. The van der Waals surface area contributed by atoms with Crippen molar-refractivity contribution in [3.63, 3.8) is 0 Å². The first kappa shape index (κ1) is 15.3. The number of aromatic nitrogens is 1. The molecule has 0 aliphatic carbocycles. The van der Waals surface area contributed by atoms with E-state index in [1.54, 1.807) is 0 Å². The number of halogens is 1. The first-order valence-electron chi connectivity index (χ1n) is 7.18. The highest BCUT2D eigenvalue weighted by Gasteiger charge is 2.21. The minimum Gasteiger partial charge on any atom is -0.370 e. The van der Waals surface area contributed by atoms with Crippen molar-refractivity contribution in [3.8, 4) is 0 Å². The third kappa shape index (κ3) is 2.98. The maximum absolute atomic E-state index is 4.90. The van der Waals surface area contributed by atoms with Crippen molar-refractivity contribution >= 4 is 32.7 Å². The Balaban J connectivity index is 2.71. The van der Waals surface area contributed by atoms with Crippen LogP contribution in [0.5, 0.6) is 0 Å². The van der Waals surface area contributed by atoms with Crippen LogP contribution in [0.25, 0.3) is 10.9 Å². The molecule has 0 aliphatic rings. The van der Waals surface area contributed by atoms with Gasteiger partial charge in [-0.15, -0.1) is 0 Å². The lowest BCUT2D eigenvalue weighted by Crippen LogP contribution is -2.17. The molecule has 108 valence electrons. The van der Waals surface area contributed by atoms with Crippen LogP contribution in [-0.4, -0.2) is 11.5 Å². The Morgan fingerprint density at radius 2 is 1.95 bits per heavy atom. The second-order valence-electron chi connectivity index (χ2n) is 6.32. The van der Waals surface area contributed by atoms with Crippen molar-refractivity contribution in [2.24, 2.45) is 0 Å². The zero-order valence-corrected chi connectivity index (χ0v) is 14.6. The second kappa shape index (κ2) is 5.72. The Bertz CT molecular complexity index is 627.